The van der Waals surface area contributed by atoms with Crippen molar-refractivity contribution in [2.75, 3.05) is 6.61 Å². The lowest BCUT2D eigenvalue weighted by Gasteiger charge is -2.03. The zero-order chi connectivity index (χ0) is 12.4. The summed E-state index contributed by atoms with van der Waals surface area (Å²) >= 11 is 1.71. The summed E-state index contributed by atoms with van der Waals surface area (Å²) < 4.78 is 5.44. The highest BCUT2D eigenvalue weighted by Crippen LogP contribution is 2.26. The van der Waals surface area contributed by atoms with Crippen LogP contribution in [0, 0.1) is 0 Å². The average molecular weight is 258 g/mol. The Bertz CT molecular complexity index is 558. The van der Waals surface area contributed by atoms with E-state index >= 15 is 0 Å². The van der Waals surface area contributed by atoms with Gasteiger partial charge in [-0.3, -0.25) is 4.79 Å². The van der Waals surface area contributed by atoms with Crippen molar-refractivity contribution in [2.45, 2.75) is 19.3 Å². The summed E-state index contributed by atoms with van der Waals surface area (Å²) in [5, 5.41) is 2.05. The van der Waals surface area contributed by atoms with Crippen LogP contribution in [0.1, 0.15) is 27.2 Å². The molecule has 3 rings (SSSR count). The van der Waals surface area contributed by atoms with E-state index in [0.29, 0.717) is 6.42 Å². The van der Waals surface area contributed by atoms with E-state index in [9.17, 15) is 4.79 Å². The second-order valence-corrected chi connectivity index (χ2v) is 5.46. The quantitative estimate of drug-likeness (QED) is 0.785. The number of hydrogen-bond donors (Lipinski definition) is 0. The van der Waals surface area contributed by atoms with E-state index in [-0.39, 0.29) is 5.78 Å². The van der Waals surface area contributed by atoms with E-state index in [1.54, 1.807) is 11.3 Å². The van der Waals surface area contributed by atoms with Crippen molar-refractivity contribution in [2.24, 2.45) is 0 Å². The summed E-state index contributed by atoms with van der Waals surface area (Å²) in [4.78, 5) is 13.4. The Balaban J connectivity index is 1.69. The zero-order valence-electron chi connectivity index (χ0n) is 10.0. The number of thiophene rings is 1. The van der Waals surface area contributed by atoms with Crippen LogP contribution in [0.4, 0.5) is 0 Å². The summed E-state index contributed by atoms with van der Waals surface area (Å²) in [6, 6.07) is 9.88. The van der Waals surface area contributed by atoms with Crippen LogP contribution in [0.5, 0.6) is 5.75 Å². The molecule has 92 valence electrons. The summed E-state index contributed by atoms with van der Waals surface area (Å²) in [5.74, 6) is 1.16. The SMILES string of the molecule is O=C(CCc1cccs1)c1ccc2c(c1)CCO2. The van der Waals surface area contributed by atoms with Crippen LogP contribution >= 0.6 is 11.3 Å². The van der Waals surface area contributed by atoms with Crippen LogP contribution in [-0.4, -0.2) is 12.4 Å². The van der Waals surface area contributed by atoms with Crippen molar-refractivity contribution in [1.29, 1.82) is 0 Å². The topological polar surface area (TPSA) is 26.3 Å². The van der Waals surface area contributed by atoms with Crippen LogP contribution in [0.25, 0.3) is 0 Å². The summed E-state index contributed by atoms with van der Waals surface area (Å²) in [7, 11) is 0. The number of benzene rings is 1. The highest BCUT2D eigenvalue weighted by Gasteiger charge is 2.14. The Morgan fingerprint density at radius 3 is 3.11 bits per heavy atom. The van der Waals surface area contributed by atoms with Gasteiger partial charge in [0, 0.05) is 23.3 Å². The largest absolute Gasteiger partial charge is 0.493 e. The summed E-state index contributed by atoms with van der Waals surface area (Å²) in [6.07, 6.45) is 2.34. The molecule has 0 saturated heterocycles. The van der Waals surface area contributed by atoms with Crippen LogP contribution < -0.4 is 4.74 Å². The molecule has 3 heteroatoms. The van der Waals surface area contributed by atoms with Gasteiger partial charge in [0.25, 0.3) is 0 Å². The molecule has 2 nitrogen and oxygen atoms in total. The van der Waals surface area contributed by atoms with Gasteiger partial charge in [-0.15, -0.1) is 11.3 Å². The average Bonchev–Trinajstić information content (AvgIpc) is 3.05. The molecule has 0 unspecified atom stereocenters. The number of ether oxygens (including phenoxy) is 1. The fourth-order valence-electron chi connectivity index (χ4n) is 2.20. The van der Waals surface area contributed by atoms with E-state index in [1.807, 2.05) is 29.6 Å². The second kappa shape index (κ2) is 4.94. The highest BCUT2D eigenvalue weighted by molar-refractivity contribution is 7.09. The Kier molecular flexibility index (Phi) is 3.15. The monoisotopic (exact) mass is 258 g/mol. The maximum Gasteiger partial charge on any atom is 0.163 e. The molecule has 0 fully saturated rings. The van der Waals surface area contributed by atoms with Crippen LogP contribution in [0.2, 0.25) is 0 Å². The lowest BCUT2D eigenvalue weighted by Crippen LogP contribution is -2.01. The van der Waals surface area contributed by atoms with Gasteiger partial charge in [-0.05, 0) is 41.6 Å². The van der Waals surface area contributed by atoms with Crippen molar-refractivity contribution in [3.63, 3.8) is 0 Å². The summed E-state index contributed by atoms with van der Waals surface area (Å²) in [6.45, 7) is 0.738. The molecule has 0 saturated carbocycles. The Morgan fingerprint density at radius 2 is 2.28 bits per heavy atom. The molecular weight excluding hydrogens is 244 g/mol. The molecule has 2 aromatic rings. The molecule has 0 N–H and O–H groups in total. The first-order valence-corrected chi connectivity index (χ1v) is 7.02. The Labute approximate surface area is 110 Å². The lowest BCUT2D eigenvalue weighted by molar-refractivity contribution is 0.0983. The smallest absolute Gasteiger partial charge is 0.163 e. The van der Waals surface area contributed by atoms with Crippen LogP contribution in [0.15, 0.2) is 35.7 Å². The molecule has 0 spiro atoms. The van der Waals surface area contributed by atoms with Gasteiger partial charge < -0.3 is 4.74 Å². The fraction of sp³-hybridized carbons (Fsp3) is 0.267. The fourth-order valence-corrected chi connectivity index (χ4v) is 2.90. The maximum absolute atomic E-state index is 12.1. The van der Waals surface area contributed by atoms with Gasteiger partial charge in [-0.25, -0.2) is 0 Å². The first-order valence-electron chi connectivity index (χ1n) is 6.14. The van der Waals surface area contributed by atoms with Crippen LogP contribution in [-0.2, 0) is 12.8 Å². The second-order valence-electron chi connectivity index (χ2n) is 4.42. The van der Waals surface area contributed by atoms with E-state index < -0.39 is 0 Å². The predicted octanol–water partition coefficient (Wildman–Crippen LogP) is 3.50. The van der Waals surface area contributed by atoms with Crippen molar-refractivity contribution in [1.82, 2.24) is 0 Å². The standard InChI is InChI=1S/C15H14O2S/c16-14(5-4-13-2-1-9-18-13)11-3-6-15-12(10-11)7-8-17-15/h1-3,6,9-10H,4-5,7-8H2. The van der Waals surface area contributed by atoms with Gasteiger partial charge in [-0.2, -0.15) is 0 Å². The third kappa shape index (κ3) is 2.31. The van der Waals surface area contributed by atoms with Crippen molar-refractivity contribution in [3.05, 3.63) is 51.7 Å². The summed E-state index contributed by atoms with van der Waals surface area (Å²) in [5.41, 5.74) is 1.98. The minimum Gasteiger partial charge on any atom is -0.493 e. The number of fused-ring (bicyclic) bond motifs is 1. The van der Waals surface area contributed by atoms with Gasteiger partial charge >= 0.3 is 0 Å². The van der Waals surface area contributed by atoms with Crippen molar-refractivity contribution >= 4 is 17.1 Å². The van der Waals surface area contributed by atoms with E-state index in [2.05, 4.69) is 6.07 Å². The molecule has 0 aliphatic carbocycles. The molecule has 2 heterocycles. The van der Waals surface area contributed by atoms with E-state index in [4.69, 9.17) is 4.74 Å². The molecule has 1 aromatic heterocycles. The zero-order valence-corrected chi connectivity index (χ0v) is 10.8. The van der Waals surface area contributed by atoms with Crippen molar-refractivity contribution < 1.29 is 9.53 Å². The molecule has 1 aromatic carbocycles. The molecule has 0 bridgehead atoms. The first kappa shape index (κ1) is 11.5. The predicted molar refractivity (Wildman–Crippen MR) is 72.6 cm³/mol. The normalized spacial score (nSPS) is 13.1. The molecule has 18 heavy (non-hydrogen) atoms. The van der Waals surface area contributed by atoms with Gasteiger partial charge in [0.1, 0.15) is 5.75 Å². The number of carbonyl (C=O) groups is 1. The van der Waals surface area contributed by atoms with Gasteiger partial charge in [0.2, 0.25) is 0 Å². The van der Waals surface area contributed by atoms with Crippen LogP contribution in [0.3, 0.4) is 0 Å². The number of hydrogen-bond acceptors (Lipinski definition) is 3. The van der Waals surface area contributed by atoms with E-state index in [0.717, 1.165) is 36.3 Å². The Hall–Kier alpha value is -1.61. The lowest BCUT2D eigenvalue weighted by atomic mass is 10.0. The van der Waals surface area contributed by atoms with Crippen molar-refractivity contribution in [3.8, 4) is 5.75 Å². The van der Waals surface area contributed by atoms with Gasteiger partial charge in [0.15, 0.2) is 5.78 Å². The third-order valence-electron chi connectivity index (χ3n) is 3.19. The van der Waals surface area contributed by atoms with E-state index in [1.165, 1.54) is 4.88 Å². The number of ketones is 1. The molecule has 0 amide bonds. The highest BCUT2D eigenvalue weighted by atomic mass is 32.1. The molecular formula is C15H14O2S. The van der Waals surface area contributed by atoms with Gasteiger partial charge in [0.05, 0.1) is 6.61 Å². The third-order valence-corrected chi connectivity index (χ3v) is 4.13. The molecule has 1 aliphatic heterocycles. The van der Waals surface area contributed by atoms with Gasteiger partial charge in [-0.1, -0.05) is 6.07 Å². The minimum atomic E-state index is 0.220. The minimum absolute atomic E-state index is 0.220. The number of Topliss-reactive ketones (excluding diaryl/α,β-unsaturated/α-hetero) is 1. The number of carbonyl (C=O) groups excluding carboxylic acids is 1. The number of rotatable bonds is 4. The maximum atomic E-state index is 12.1. The Morgan fingerprint density at radius 1 is 1.33 bits per heavy atom. The number of aryl methyl sites for hydroxylation is 1. The first-order chi connectivity index (χ1) is 8.83. The molecule has 0 radical (unpaired) electrons. The molecule has 1 aliphatic rings. The molecule has 0 atom stereocenters.